The molecule has 2 aromatic carbocycles. The predicted molar refractivity (Wildman–Crippen MR) is 101 cm³/mol. The molecule has 2 N–H and O–H groups in total. The van der Waals surface area contributed by atoms with Crippen molar-refractivity contribution < 1.29 is 22.7 Å². The van der Waals surface area contributed by atoms with Crippen LogP contribution in [0.2, 0.25) is 5.02 Å². The second-order valence-corrected chi connectivity index (χ2v) is 6.68. The van der Waals surface area contributed by atoms with E-state index in [-0.39, 0.29) is 21.4 Å². The van der Waals surface area contributed by atoms with Gasteiger partial charge in [-0.1, -0.05) is 27.5 Å². The molecule has 138 valence electrons. The van der Waals surface area contributed by atoms with Crippen molar-refractivity contribution in [2.45, 2.75) is 6.18 Å². The van der Waals surface area contributed by atoms with Crippen molar-refractivity contribution >= 4 is 56.5 Å². The van der Waals surface area contributed by atoms with Crippen molar-refractivity contribution in [3.63, 3.8) is 0 Å². The lowest BCUT2D eigenvalue weighted by Gasteiger charge is -2.14. The molecule has 0 aromatic heterocycles. The van der Waals surface area contributed by atoms with Crippen molar-refractivity contribution in [2.75, 3.05) is 12.4 Å². The summed E-state index contributed by atoms with van der Waals surface area (Å²) in [7, 11) is 1.40. The number of benzene rings is 2. The van der Waals surface area contributed by atoms with Crippen LogP contribution in [0.25, 0.3) is 0 Å². The zero-order valence-corrected chi connectivity index (χ0v) is 16.2. The zero-order valence-electron chi connectivity index (χ0n) is 13.1. The van der Waals surface area contributed by atoms with Crippen LogP contribution in [0.1, 0.15) is 15.9 Å². The topological polar surface area (TPSA) is 50.4 Å². The molecule has 0 aliphatic heterocycles. The molecule has 0 heterocycles. The van der Waals surface area contributed by atoms with Crippen molar-refractivity contribution in [2.24, 2.45) is 0 Å². The summed E-state index contributed by atoms with van der Waals surface area (Å²) in [6, 6.07) is 7.54. The van der Waals surface area contributed by atoms with Crippen LogP contribution in [-0.4, -0.2) is 18.1 Å². The highest BCUT2D eigenvalue weighted by Crippen LogP contribution is 2.33. The number of carbonyl (C=O) groups is 1. The van der Waals surface area contributed by atoms with E-state index in [1.54, 1.807) is 12.1 Å². The third kappa shape index (κ3) is 5.09. The third-order valence-electron chi connectivity index (χ3n) is 3.18. The molecule has 1 amide bonds. The van der Waals surface area contributed by atoms with E-state index in [1.165, 1.54) is 13.2 Å². The van der Waals surface area contributed by atoms with Gasteiger partial charge in [-0.3, -0.25) is 10.1 Å². The van der Waals surface area contributed by atoms with Crippen molar-refractivity contribution in [3.8, 4) is 5.75 Å². The highest BCUT2D eigenvalue weighted by atomic mass is 79.9. The molecule has 0 spiro atoms. The fraction of sp³-hybridized carbons (Fsp3) is 0.125. The number of carbonyl (C=O) groups excluding carboxylic acids is 1. The Morgan fingerprint density at radius 2 is 1.92 bits per heavy atom. The average Bonchev–Trinajstić information content (AvgIpc) is 2.55. The first-order valence-corrected chi connectivity index (χ1v) is 8.52. The van der Waals surface area contributed by atoms with E-state index in [0.717, 1.165) is 18.2 Å². The summed E-state index contributed by atoms with van der Waals surface area (Å²) in [5, 5.41) is 4.68. The minimum atomic E-state index is -4.53. The lowest BCUT2D eigenvalue weighted by Crippen LogP contribution is -2.34. The average molecular weight is 468 g/mol. The van der Waals surface area contributed by atoms with Gasteiger partial charge in [0.15, 0.2) is 5.11 Å². The molecule has 0 unspecified atom stereocenters. The fourth-order valence-electron chi connectivity index (χ4n) is 1.98. The number of methoxy groups -OCH3 is 1. The first-order chi connectivity index (χ1) is 12.1. The van der Waals surface area contributed by atoms with Gasteiger partial charge in [-0.2, -0.15) is 13.2 Å². The van der Waals surface area contributed by atoms with E-state index < -0.39 is 17.6 Å². The summed E-state index contributed by atoms with van der Waals surface area (Å²) in [5.74, 6) is -0.283. The maximum atomic E-state index is 12.8. The Bertz CT molecular complexity index is 862. The van der Waals surface area contributed by atoms with Crippen LogP contribution in [0.5, 0.6) is 5.75 Å². The molecule has 0 radical (unpaired) electrons. The molecule has 0 aliphatic carbocycles. The maximum Gasteiger partial charge on any atom is 0.416 e. The Labute approximate surface area is 165 Å². The molecule has 10 heteroatoms. The highest BCUT2D eigenvalue weighted by Gasteiger charge is 2.31. The van der Waals surface area contributed by atoms with Crippen molar-refractivity contribution in [3.05, 3.63) is 57.0 Å². The number of nitrogens with one attached hydrogen (secondary N) is 2. The molecule has 4 nitrogen and oxygen atoms in total. The summed E-state index contributed by atoms with van der Waals surface area (Å²) in [6.45, 7) is 0. The van der Waals surface area contributed by atoms with Crippen LogP contribution in [0, 0.1) is 0 Å². The molecule has 26 heavy (non-hydrogen) atoms. The molecule has 0 saturated heterocycles. The smallest absolute Gasteiger partial charge is 0.416 e. The standard InChI is InChI=1S/C16H11BrClF3N2O2S/c1-25-13-5-3-9(17)7-10(13)14(24)23-15(26)22-12-6-8(16(19,20)21)2-4-11(12)18/h2-7H,1H3,(H2,22,23,24,26). The lowest BCUT2D eigenvalue weighted by atomic mass is 10.2. The maximum absolute atomic E-state index is 12.8. The van der Waals surface area contributed by atoms with E-state index >= 15 is 0 Å². The Morgan fingerprint density at radius 1 is 1.23 bits per heavy atom. The zero-order chi connectivity index (χ0) is 19.5. The van der Waals surface area contributed by atoms with Gasteiger partial charge in [-0.25, -0.2) is 0 Å². The predicted octanol–water partition coefficient (Wildman–Crippen LogP) is 5.26. The van der Waals surface area contributed by atoms with Gasteiger partial charge >= 0.3 is 6.18 Å². The van der Waals surface area contributed by atoms with Crippen LogP contribution in [-0.2, 0) is 6.18 Å². The SMILES string of the molecule is COc1ccc(Br)cc1C(=O)NC(=S)Nc1cc(C(F)(F)F)ccc1Cl. The van der Waals surface area contributed by atoms with E-state index in [2.05, 4.69) is 26.6 Å². The van der Waals surface area contributed by atoms with Crippen molar-refractivity contribution in [1.82, 2.24) is 5.32 Å². The second kappa shape index (κ2) is 8.24. The number of rotatable bonds is 3. The number of hydrogen-bond donors (Lipinski definition) is 2. The molecular weight excluding hydrogens is 457 g/mol. The van der Waals surface area contributed by atoms with Gasteiger partial charge in [0, 0.05) is 4.47 Å². The summed E-state index contributed by atoms with van der Waals surface area (Å²) in [5.41, 5.74) is -0.777. The summed E-state index contributed by atoms with van der Waals surface area (Å²) < 4.78 is 44.1. The van der Waals surface area contributed by atoms with Crippen LogP contribution in [0.15, 0.2) is 40.9 Å². The fourth-order valence-corrected chi connectivity index (χ4v) is 2.71. The first-order valence-electron chi connectivity index (χ1n) is 6.94. The molecule has 0 aliphatic rings. The molecule has 2 rings (SSSR count). The van der Waals surface area contributed by atoms with Gasteiger partial charge in [0.25, 0.3) is 5.91 Å². The van der Waals surface area contributed by atoms with Gasteiger partial charge in [-0.05, 0) is 48.6 Å². The van der Waals surface area contributed by atoms with Gasteiger partial charge in [0.05, 0.1) is 28.9 Å². The molecule has 0 fully saturated rings. The van der Waals surface area contributed by atoms with Gasteiger partial charge in [0.1, 0.15) is 5.75 Å². The van der Waals surface area contributed by atoms with E-state index in [4.69, 9.17) is 28.6 Å². The number of amides is 1. The van der Waals surface area contributed by atoms with Crippen molar-refractivity contribution in [1.29, 1.82) is 0 Å². The van der Waals surface area contributed by atoms with Crippen LogP contribution in [0.4, 0.5) is 18.9 Å². The summed E-state index contributed by atoms with van der Waals surface area (Å²) in [6.07, 6.45) is -4.53. The summed E-state index contributed by atoms with van der Waals surface area (Å²) in [4.78, 5) is 12.3. The Kier molecular flexibility index (Phi) is 6.48. The normalized spacial score (nSPS) is 11.0. The van der Waals surface area contributed by atoms with Gasteiger partial charge < -0.3 is 10.1 Å². The molecular formula is C16H11BrClF3N2O2S. The highest BCUT2D eigenvalue weighted by molar-refractivity contribution is 9.10. The quantitative estimate of drug-likeness (QED) is 0.605. The number of anilines is 1. The molecule has 0 saturated carbocycles. The van der Waals surface area contributed by atoms with E-state index in [0.29, 0.717) is 10.2 Å². The molecule has 2 aromatic rings. The third-order valence-corrected chi connectivity index (χ3v) is 4.20. The van der Waals surface area contributed by atoms with Gasteiger partial charge in [0.2, 0.25) is 0 Å². The van der Waals surface area contributed by atoms with E-state index in [9.17, 15) is 18.0 Å². The largest absolute Gasteiger partial charge is 0.496 e. The number of hydrogen-bond acceptors (Lipinski definition) is 3. The first kappa shape index (κ1) is 20.5. The monoisotopic (exact) mass is 466 g/mol. The minimum Gasteiger partial charge on any atom is -0.496 e. The van der Waals surface area contributed by atoms with Crippen LogP contribution in [0.3, 0.4) is 0 Å². The second-order valence-electron chi connectivity index (χ2n) is 4.95. The molecule has 0 bridgehead atoms. The Balaban J connectivity index is 2.17. The van der Waals surface area contributed by atoms with Crippen LogP contribution >= 0.6 is 39.7 Å². The van der Waals surface area contributed by atoms with Gasteiger partial charge in [-0.15, -0.1) is 0 Å². The lowest BCUT2D eigenvalue weighted by molar-refractivity contribution is -0.137. The Hall–Kier alpha value is -1.84. The minimum absolute atomic E-state index is 0.0228. The number of halogens is 5. The van der Waals surface area contributed by atoms with E-state index in [1.807, 2.05) is 0 Å². The van der Waals surface area contributed by atoms with Crippen LogP contribution < -0.4 is 15.4 Å². The molecule has 0 atom stereocenters. The number of thiocarbonyl (C=S) groups is 1. The number of alkyl halides is 3. The number of ether oxygens (including phenoxy) is 1. The Morgan fingerprint density at radius 3 is 2.54 bits per heavy atom. The summed E-state index contributed by atoms with van der Waals surface area (Å²) >= 11 is 14.1.